The standard InChI is InChI=1S/C19H20F3N7/c20-19(21,22)18-25-24-16-5-6-17(26-29(16)18)28-9-7-27(8-10-28)12-13-11-23-15-4-2-1-3-14(13)15/h1-4,11,23H,5-10,12H2. The van der Waals surface area contributed by atoms with Gasteiger partial charge in [-0.1, -0.05) is 18.2 Å². The topological polar surface area (TPSA) is 65.3 Å². The number of benzene rings is 1. The summed E-state index contributed by atoms with van der Waals surface area (Å²) in [7, 11) is 0. The van der Waals surface area contributed by atoms with E-state index in [9.17, 15) is 13.2 Å². The van der Waals surface area contributed by atoms with Crippen LogP contribution in [-0.4, -0.2) is 61.7 Å². The average Bonchev–Trinajstić information content (AvgIpc) is 3.32. The van der Waals surface area contributed by atoms with Gasteiger partial charge in [-0.25, -0.2) is 0 Å². The van der Waals surface area contributed by atoms with Gasteiger partial charge in [-0.05, 0) is 11.6 Å². The number of hydrogen-bond donors (Lipinski definition) is 1. The molecule has 2 aliphatic rings. The number of alkyl halides is 3. The van der Waals surface area contributed by atoms with Gasteiger partial charge in [0.25, 0.3) is 5.82 Å². The Morgan fingerprint density at radius 1 is 1.00 bits per heavy atom. The number of piperazine rings is 1. The molecule has 0 amide bonds. The summed E-state index contributed by atoms with van der Waals surface area (Å²) in [6, 6.07) is 8.22. The highest BCUT2D eigenvalue weighted by atomic mass is 19.4. The number of para-hydroxylation sites is 1. The Bertz CT molecular complexity index is 1060. The Morgan fingerprint density at radius 3 is 2.59 bits per heavy atom. The molecule has 7 nitrogen and oxygen atoms in total. The summed E-state index contributed by atoms with van der Waals surface area (Å²) in [5, 5.41) is 12.4. The molecule has 1 fully saturated rings. The summed E-state index contributed by atoms with van der Waals surface area (Å²) < 4.78 is 40.2. The van der Waals surface area contributed by atoms with Gasteiger partial charge in [0.2, 0.25) is 0 Å². The van der Waals surface area contributed by atoms with Gasteiger partial charge >= 0.3 is 6.18 Å². The molecule has 0 spiro atoms. The third kappa shape index (κ3) is 3.37. The molecule has 5 rings (SSSR count). The number of nitrogens with one attached hydrogen (secondary N) is 1. The van der Waals surface area contributed by atoms with Crippen LogP contribution in [0.3, 0.4) is 0 Å². The number of aromatic nitrogens is 4. The number of H-pyrrole nitrogens is 1. The molecule has 0 aliphatic carbocycles. The molecule has 3 aromatic rings. The Kier molecular flexibility index (Phi) is 4.30. The lowest BCUT2D eigenvalue weighted by Crippen LogP contribution is -2.49. The Morgan fingerprint density at radius 2 is 1.79 bits per heavy atom. The van der Waals surface area contributed by atoms with Crippen LogP contribution in [-0.2, 0) is 19.1 Å². The number of nitrogens with zero attached hydrogens (tertiary/aromatic N) is 6. The van der Waals surface area contributed by atoms with Crippen LogP contribution in [0.1, 0.15) is 23.6 Å². The van der Waals surface area contributed by atoms with Crippen molar-refractivity contribution in [3.8, 4) is 0 Å². The minimum Gasteiger partial charge on any atom is -0.361 e. The second-order valence-corrected chi connectivity index (χ2v) is 7.39. The lowest BCUT2D eigenvalue weighted by molar-refractivity contribution is -0.147. The van der Waals surface area contributed by atoms with Crippen molar-refractivity contribution in [3.63, 3.8) is 0 Å². The first-order valence-corrected chi connectivity index (χ1v) is 9.61. The van der Waals surface area contributed by atoms with Crippen molar-refractivity contribution in [3.05, 3.63) is 47.7 Å². The number of rotatable bonds is 2. The molecule has 152 valence electrons. The largest absolute Gasteiger partial charge is 0.453 e. The van der Waals surface area contributed by atoms with Crippen molar-refractivity contribution in [1.29, 1.82) is 0 Å². The molecule has 29 heavy (non-hydrogen) atoms. The molecule has 1 aromatic carbocycles. The molecule has 0 unspecified atom stereocenters. The number of aryl methyl sites for hydroxylation is 1. The summed E-state index contributed by atoms with van der Waals surface area (Å²) in [4.78, 5) is 7.74. The van der Waals surface area contributed by atoms with Gasteiger partial charge in [0.15, 0.2) is 5.82 Å². The lowest BCUT2D eigenvalue weighted by atomic mass is 10.1. The number of halogens is 3. The van der Waals surface area contributed by atoms with E-state index < -0.39 is 12.0 Å². The SMILES string of the molecule is FC(F)(F)c1nnc2n1N=C(N1CCN(Cc3c[nH]c4ccccc34)CC1)CC2. The third-order valence-corrected chi connectivity index (χ3v) is 5.55. The maximum atomic E-state index is 13.1. The second kappa shape index (κ2) is 6.87. The Hall–Kier alpha value is -2.88. The van der Waals surface area contributed by atoms with E-state index in [1.807, 2.05) is 12.1 Å². The van der Waals surface area contributed by atoms with E-state index in [1.165, 1.54) is 10.9 Å². The number of hydrogen-bond acceptors (Lipinski definition) is 5. The van der Waals surface area contributed by atoms with Crippen molar-refractivity contribution in [2.45, 2.75) is 25.6 Å². The van der Waals surface area contributed by atoms with Crippen molar-refractivity contribution in [1.82, 2.24) is 29.7 Å². The molecule has 2 aromatic heterocycles. The van der Waals surface area contributed by atoms with Gasteiger partial charge in [-0.2, -0.15) is 22.9 Å². The minimum atomic E-state index is -4.56. The van der Waals surface area contributed by atoms with E-state index in [1.54, 1.807) is 0 Å². The third-order valence-electron chi connectivity index (χ3n) is 5.55. The van der Waals surface area contributed by atoms with Gasteiger partial charge < -0.3 is 9.88 Å². The molecule has 2 aliphatic heterocycles. The first-order chi connectivity index (χ1) is 14.0. The minimum absolute atomic E-state index is 0.263. The summed E-state index contributed by atoms with van der Waals surface area (Å²) in [6.45, 7) is 3.98. The molecule has 0 atom stereocenters. The smallest absolute Gasteiger partial charge is 0.361 e. The van der Waals surface area contributed by atoms with Crippen molar-refractivity contribution < 1.29 is 13.2 Å². The zero-order chi connectivity index (χ0) is 20.0. The quantitative estimate of drug-likeness (QED) is 0.715. The van der Waals surface area contributed by atoms with Crippen molar-refractivity contribution in [2.75, 3.05) is 26.2 Å². The molecule has 0 radical (unpaired) electrons. The van der Waals surface area contributed by atoms with E-state index in [0.29, 0.717) is 18.7 Å². The van der Waals surface area contributed by atoms with Gasteiger partial charge in [-0.15, -0.1) is 10.2 Å². The van der Waals surface area contributed by atoms with Crippen LogP contribution in [0, 0.1) is 0 Å². The zero-order valence-corrected chi connectivity index (χ0v) is 15.7. The fourth-order valence-electron chi connectivity index (χ4n) is 4.03. The van der Waals surface area contributed by atoms with Crippen LogP contribution in [0.15, 0.2) is 35.6 Å². The predicted octanol–water partition coefficient (Wildman–Crippen LogP) is 2.70. The first-order valence-electron chi connectivity index (χ1n) is 9.61. The summed E-state index contributed by atoms with van der Waals surface area (Å²) in [5.41, 5.74) is 2.39. The van der Waals surface area contributed by atoms with Crippen LogP contribution in [0.2, 0.25) is 0 Å². The van der Waals surface area contributed by atoms with Crippen LogP contribution < -0.4 is 0 Å². The van der Waals surface area contributed by atoms with E-state index in [4.69, 9.17) is 0 Å². The van der Waals surface area contributed by atoms with E-state index in [2.05, 4.69) is 48.4 Å². The molecule has 0 bridgehead atoms. The number of amidine groups is 1. The Labute approximate surface area is 164 Å². The van der Waals surface area contributed by atoms with Gasteiger partial charge in [0.1, 0.15) is 5.84 Å². The average molecular weight is 403 g/mol. The summed E-state index contributed by atoms with van der Waals surface area (Å²) in [6.07, 6.45) is -1.51. The highest BCUT2D eigenvalue weighted by molar-refractivity contribution is 5.83. The molecule has 1 N–H and O–H groups in total. The number of aromatic amines is 1. The zero-order valence-electron chi connectivity index (χ0n) is 15.7. The van der Waals surface area contributed by atoms with Crippen molar-refractivity contribution >= 4 is 16.7 Å². The number of fused-ring (bicyclic) bond motifs is 2. The highest BCUT2D eigenvalue weighted by Crippen LogP contribution is 2.29. The first kappa shape index (κ1) is 18.2. The van der Waals surface area contributed by atoms with Gasteiger partial charge in [-0.3, -0.25) is 4.90 Å². The van der Waals surface area contributed by atoms with E-state index in [0.717, 1.165) is 42.9 Å². The fourth-order valence-corrected chi connectivity index (χ4v) is 4.03. The summed E-state index contributed by atoms with van der Waals surface area (Å²) >= 11 is 0. The lowest BCUT2D eigenvalue weighted by Gasteiger charge is -2.37. The second-order valence-electron chi connectivity index (χ2n) is 7.39. The Balaban J connectivity index is 1.27. The molecule has 10 heteroatoms. The van der Waals surface area contributed by atoms with E-state index >= 15 is 0 Å². The monoisotopic (exact) mass is 403 g/mol. The van der Waals surface area contributed by atoms with Crippen LogP contribution in [0.4, 0.5) is 13.2 Å². The van der Waals surface area contributed by atoms with Crippen LogP contribution in [0.5, 0.6) is 0 Å². The maximum absolute atomic E-state index is 13.1. The summed E-state index contributed by atoms with van der Waals surface area (Å²) in [5.74, 6) is -0.115. The van der Waals surface area contributed by atoms with Crippen molar-refractivity contribution in [2.24, 2.45) is 5.10 Å². The van der Waals surface area contributed by atoms with Gasteiger partial charge in [0.05, 0.1) is 0 Å². The molecular weight excluding hydrogens is 383 g/mol. The predicted molar refractivity (Wildman–Crippen MR) is 101 cm³/mol. The maximum Gasteiger partial charge on any atom is 0.453 e. The normalized spacial score (nSPS) is 18.2. The van der Waals surface area contributed by atoms with Crippen LogP contribution >= 0.6 is 0 Å². The molecular formula is C19H20F3N7. The molecule has 1 saturated heterocycles. The van der Waals surface area contributed by atoms with Crippen LogP contribution in [0.25, 0.3) is 10.9 Å². The van der Waals surface area contributed by atoms with E-state index in [-0.39, 0.29) is 5.82 Å². The fraction of sp³-hybridized carbons (Fsp3) is 0.421. The molecule has 4 heterocycles. The molecule has 0 saturated carbocycles. The highest BCUT2D eigenvalue weighted by Gasteiger charge is 2.40. The van der Waals surface area contributed by atoms with Gasteiger partial charge in [0, 0.05) is 62.7 Å².